The van der Waals surface area contributed by atoms with Gasteiger partial charge in [0.1, 0.15) is 11.9 Å². The molecule has 4 N–H and O–H groups in total. The molecule has 1 unspecified atom stereocenters. The average Bonchev–Trinajstić information content (AvgIpc) is 2.91. The maximum atomic E-state index is 13.1. The van der Waals surface area contributed by atoms with Crippen LogP contribution in [-0.2, 0) is 11.2 Å². The summed E-state index contributed by atoms with van der Waals surface area (Å²) in [6.07, 6.45) is 11.0. The smallest absolute Gasteiger partial charge is 0.303 e. The van der Waals surface area contributed by atoms with E-state index in [9.17, 15) is 10.0 Å². The second-order valence-electron chi connectivity index (χ2n) is 9.00. The van der Waals surface area contributed by atoms with Crippen LogP contribution in [0.4, 0.5) is 17.1 Å². The van der Waals surface area contributed by atoms with E-state index in [-0.39, 0.29) is 12.5 Å². The molecule has 37 heavy (non-hydrogen) atoms. The second kappa shape index (κ2) is 12.1. The zero-order chi connectivity index (χ0) is 26.2. The first-order valence-corrected chi connectivity index (χ1v) is 12.6. The lowest BCUT2D eigenvalue weighted by molar-refractivity contribution is -0.447. The molecule has 1 aliphatic carbocycles. The highest BCUT2D eigenvalue weighted by Crippen LogP contribution is 2.37. The molecule has 0 radical (unpaired) electrons. The number of hydrogen-bond acceptors (Lipinski definition) is 6. The molecule has 0 aromatic heterocycles. The topological polar surface area (TPSA) is 112 Å². The average molecular weight is 500 g/mol. The van der Waals surface area contributed by atoms with E-state index >= 15 is 0 Å². The van der Waals surface area contributed by atoms with Gasteiger partial charge >= 0.3 is 5.97 Å². The molecule has 2 aromatic carbocycles. The highest BCUT2D eigenvalue weighted by atomic mass is 16.5. The first kappa shape index (κ1) is 25.8. The number of nitrogens with one attached hydrogen (secondary N) is 3. The summed E-state index contributed by atoms with van der Waals surface area (Å²) in [5.41, 5.74) is 5.97. The molecule has 2 aromatic rings. The minimum atomic E-state index is -0.833. The van der Waals surface area contributed by atoms with Gasteiger partial charge < -0.3 is 26.3 Å². The van der Waals surface area contributed by atoms with Gasteiger partial charge in [0.15, 0.2) is 0 Å². The molecular formula is C29H33N5O3. The fourth-order valence-electron chi connectivity index (χ4n) is 4.55. The zero-order valence-corrected chi connectivity index (χ0v) is 21.0. The molecule has 1 heterocycles. The van der Waals surface area contributed by atoms with Crippen molar-refractivity contribution in [1.29, 1.82) is 0 Å². The molecule has 2 aliphatic rings. The van der Waals surface area contributed by atoms with E-state index in [1.54, 1.807) is 18.2 Å². The Labute approximate surface area is 217 Å². The molecule has 0 saturated heterocycles. The number of allylic oxidation sites excluding steroid dienone is 4. The summed E-state index contributed by atoms with van der Waals surface area (Å²) in [5, 5.41) is 36.7. The Morgan fingerprint density at radius 3 is 2.89 bits per heavy atom. The van der Waals surface area contributed by atoms with E-state index in [0.29, 0.717) is 24.5 Å². The van der Waals surface area contributed by atoms with Gasteiger partial charge in [-0.25, -0.2) is 0 Å². The number of aliphatic carboxylic acids is 1. The van der Waals surface area contributed by atoms with Gasteiger partial charge in [0.25, 0.3) is 0 Å². The van der Waals surface area contributed by atoms with E-state index in [1.807, 2.05) is 43.4 Å². The number of hydrogen-bond donors (Lipinski definition) is 4. The SMILES string of the molecule is C=C/C(=C\C=C/C)C1=C(NCCCC(=O)O)Nc2cc([N+]([O-])=NC3CCCc4ccccc43)ccc2N1. The Bertz CT molecular complexity index is 1290. The van der Waals surface area contributed by atoms with Gasteiger partial charge in [0.05, 0.1) is 17.1 Å². The third kappa shape index (κ3) is 6.27. The fourth-order valence-corrected chi connectivity index (χ4v) is 4.55. The van der Waals surface area contributed by atoms with Gasteiger partial charge in [-0.1, -0.05) is 60.0 Å². The Kier molecular flexibility index (Phi) is 8.40. The zero-order valence-electron chi connectivity index (χ0n) is 21.0. The number of carboxylic acid groups (broad SMARTS) is 1. The van der Waals surface area contributed by atoms with Crippen LogP contribution in [-0.4, -0.2) is 22.5 Å². The number of carboxylic acids is 1. The number of azo groups is 1. The fraction of sp³-hybridized carbons (Fsp3) is 0.276. The van der Waals surface area contributed by atoms with Crippen LogP contribution in [0.5, 0.6) is 0 Å². The van der Waals surface area contributed by atoms with Crippen LogP contribution >= 0.6 is 0 Å². The minimum absolute atomic E-state index is 0.0729. The third-order valence-corrected chi connectivity index (χ3v) is 6.42. The monoisotopic (exact) mass is 499 g/mol. The van der Waals surface area contributed by atoms with Crippen molar-refractivity contribution in [2.45, 2.75) is 45.1 Å². The van der Waals surface area contributed by atoms with Gasteiger partial charge in [0.2, 0.25) is 5.69 Å². The predicted molar refractivity (Wildman–Crippen MR) is 147 cm³/mol. The molecule has 0 spiro atoms. The van der Waals surface area contributed by atoms with Gasteiger partial charge in [-0.15, -0.1) is 0 Å². The van der Waals surface area contributed by atoms with E-state index in [4.69, 9.17) is 5.11 Å². The minimum Gasteiger partial charge on any atom is -0.594 e. The van der Waals surface area contributed by atoms with E-state index < -0.39 is 5.97 Å². The number of rotatable bonds is 10. The van der Waals surface area contributed by atoms with Crippen molar-refractivity contribution in [1.82, 2.24) is 5.32 Å². The molecule has 0 saturated carbocycles. The van der Waals surface area contributed by atoms with Crippen molar-refractivity contribution in [3.63, 3.8) is 0 Å². The summed E-state index contributed by atoms with van der Waals surface area (Å²) < 4.78 is 0. The number of anilines is 2. The number of fused-ring (bicyclic) bond motifs is 2. The van der Waals surface area contributed by atoms with Crippen LogP contribution in [0.3, 0.4) is 0 Å². The lowest BCUT2D eigenvalue weighted by atomic mass is 9.88. The maximum Gasteiger partial charge on any atom is 0.303 e. The van der Waals surface area contributed by atoms with Crippen molar-refractivity contribution in [3.8, 4) is 0 Å². The summed E-state index contributed by atoms with van der Waals surface area (Å²) in [4.78, 5) is 11.6. The molecule has 192 valence electrons. The highest BCUT2D eigenvalue weighted by Gasteiger charge is 2.24. The van der Waals surface area contributed by atoms with Crippen molar-refractivity contribution < 1.29 is 14.8 Å². The summed E-state index contributed by atoms with van der Waals surface area (Å²) in [6, 6.07) is 13.4. The number of carbonyl (C=O) groups is 1. The summed E-state index contributed by atoms with van der Waals surface area (Å²) in [6.45, 7) is 6.34. The van der Waals surface area contributed by atoms with Crippen LogP contribution < -0.4 is 16.0 Å². The van der Waals surface area contributed by atoms with E-state index in [1.165, 1.54) is 5.56 Å². The number of nitrogens with zero attached hydrogens (tertiary/aromatic N) is 2. The number of benzene rings is 2. The Morgan fingerprint density at radius 2 is 2.11 bits per heavy atom. The van der Waals surface area contributed by atoms with Crippen LogP contribution in [0.2, 0.25) is 0 Å². The molecule has 4 rings (SSSR count). The normalized spacial score (nSPS) is 17.5. The first-order chi connectivity index (χ1) is 18.0. The second-order valence-corrected chi connectivity index (χ2v) is 9.00. The molecular weight excluding hydrogens is 466 g/mol. The van der Waals surface area contributed by atoms with E-state index in [0.717, 1.165) is 52.3 Å². The largest absolute Gasteiger partial charge is 0.594 e. The van der Waals surface area contributed by atoms with Crippen molar-refractivity contribution in [2.24, 2.45) is 5.11 Å². The van der Waals surface area contributed by atoms with Crippen molar-refractivity contribution >= 4 is 23.0 Å². The van der Waals surface area contributed by atoms with E-state index in [2.05, 4.69) is 39.8 Å². The molecule has 0 amide bonds. The van der Waals surface area contributed by atoms with Crippen LogP contribution in [0.25, 0.3) is 0 Å². The first-order valence-electron chi connectivity index (χ1n) is 12.6. The molecule has 1 atom stereocenters. The van der Waals surface area contributed by atoms with Crippen molar-refractivity contribution in [3.05, 3.63) is 107 Å². The molecule has 0 bridgehead atoms. The third-order valence-electron chi connectivity index (χ3n) is 6.42. The Morgan fingerprint density at radius 1 is 1.27 bits per heavy atom. The Hall–Kier alpha value is -4.33. The molecule has 8 heteroatoms. The number of aryl methyl sites for hydroxylation is 1. The van der Waals surface area contributed by atoms with Gasteiger partial charge in [-0.05, 0) is 54.9 Å². The predicted octanol–water partition coefficient (Wildman–Crippen LogP) is 6.51. The summed E-state index contributed by atoms with van der Waals surface area (Å²) >= 11 is 0. The van der Waals surface area contributed by atoms with Crippen LogP contribution in [0, 0.1) is 5.21 Å². The Balaban J connectivity index is 1.60. The summed E-state index contributed by atoms with van der Waals surface area (Å²) in [5.74, 6) is -0.151. The molecule has 8 nitrogen and oxygen atoms in total. The quantitative estimate of drug-likeness (QED) is 0.0975. The van der Waals surface area contributed by atoms with Crippen molar-refractivity contribution in [2.75, 3.05) is 17.2 Å². The van der Waals surface area contributed by atoms with Gasteiger partial charge in [-0.2, -0.15) is 0 Å². The summed E-state index contributed by atoms with van der Waals surface area (Å²) in [7, 11) is 0. The van der Waals surface area contributed by atoms with Gasteiger partial charge in [-0.3, -0.25) is 4.79 Å². The lowest BCUT2D eigenvalue weighted by Crippen LogP contribution is -2.29. The van der Waals surface area contributed by atoms with Crippen LogP contribution in [0.15, 0.2) is 95.6 Å². The standard InChI is InChI=1S/C29H33N5O3/c1-3-5-10-20(4-2)28-29(30-18-9-15-27(35)36)32-26-19-22(16-17-25(26)31-28)34(37)33-24-14-8-12-21-11-6-7-13-23(21)24/h3-7,10-11,13,16-17,19,24,30-32H,2,8-9,12,14-15,18H2,1H3,(H,35,36)/b5-3-,20-10+,34-33?. The maximum absolute atomic E-state index is 13.1. The lowest BCUT2D eigenvalue weighted by Gasteiger charge is -2.27. The van der Waals surface area contributed by atoms with Crippen LogP contribution in [0.1, 0.15) is 49.8 Å². The molecule has 1 aliphatic heterocycles. The highest BCUT2D eigenvalue weighted by molar-refractivity contribution is 5.80. The van der Waals surface area contributed by atoms with Gasteiger partial charge in [0, 0.05) is 30.7 Å². The molecule has 0 fully saturated rings.